The van der Waals surface area contributed by atoms with Gasteiger partial charge in [-0.05, 0) is 43.5 Å². The molecule has 1 heterocycles. The summed E-state index contributed by atoms with van der Waals surface area (Å²) in [6, 6.07) is 18.7. The van der Waals surface area contributed by atoms with E-state index < -0.39 is 0 Å². The number of para-hydroxylation sites is 1. The Morgan fingerprint density at radius 2 is 1.65 bits per heavy atom. The van der Waals surface area contributed by atoms with Crippen LogP contribution in [-0.4, -0.2) is 6.04 Å². The molecule has 0 aromatic heterocycles. The Balaban J connectivity index is 1.83. The van der Waals surface area contributed by atoms with Crippen LogP contribution in [0, 0.1) is 6.92 Å². The lowest BCUT2D eigenvalue weighted by atomic mass is 9.82. The number of nitrogens with zero attached hydrogens (tertiary/aromatic N) is 1. The molecule has 0 spiro atoms. The van der Waals surface area contributed by atoms with Gasteiger partial charge in [0, 0.05) is 23.3 Å². The normalized spacial score (nSPS) is 24.4. The molecule has 1 aliphatic carbocycles. The van der Waals surface area contributed by atoms with Crippen molar-refractivity contribution in [1.29, 1.82) is 0 Å². The molecule has 2 atom stereocenters. The van der Waals surface area contributed by atoms with Gasteiger partial charge in [-0.3, -0.25) is 0 Å². The molecule has 0 bridgehead atoms. The lowest BCUT2D eigenvalue weighted by Gasteiger charge is -2.33. The summed E-state index contributed by atoms with van der Waals surface area (Å²) in [5.41, 5.74) is 5.70. The zero-order valence-electron chi connectivity index (χ0n) is 12.0. The second kappa shape index (κ2) is 4.66. The zero-order chi connectivity index (χ0) is 13.5. The predicted molar refractivity (Wildman–Crippen MR) is 84.8 cm³/mol. The first-order valence-corrected chi connectivity index (χ1v) is 7.79. The number of benzene rings is 2. The highest BCUT2D eigenvalue weighted by Gasteiger charge is 2.39. The number of aryl methyl sites for hydroxylation is 1. The number of hydrogen-bond donors (Lipinski definition) is 0. The third-order valence-corrected chi connectivity index (χ3v) is 4.97. The van der Waals surface area contributed by atoms with Crippen molar-refractivity contribution in [2.75, 3.05) is 4.90 Å². The monoisotopic (exact) mass is 263 g/mol. The molecule has 2 aromatic rings. The number of hydrogen-bond acceptors (Lipinski definition) is 1. The molecule has 2 aromatic carbocycles. The topological polar surface area (TPSA) is 3.24 Å². The summed E-state index contributed by atoms with van der Waals surface area (Å²) in [5.74, 6) is 0.737. The predicted octanol–water partition coefficient (Wildman–Crippen LogP) is 5.17. The average Bonchev–Trinajstić information content (AvgIpc) is 2.83. The fourth-order valence-electron chi connectivity index (χ4n) is 4.02. The first kappa shape index (κ1) is 12.0. The van der Waals surface area contributed by atoms with E-state index in [0.29, 0.717) is 6.04 Å². The van der Waals surface area contributed by atoms with Gasteiger partial charge < -0.3 is 4.90 Å². The minimum atomic E-state index is 0.670. The Morgan fingerprint density at radius 3 is 2.50 bits per heavy atom. The van der Waals surface area contributed by atoms with Crippen molar-refractivity contribution < 1.29 is 0 Å². The van der Waals surface area contributed by atoms with Crippen LogP contribution < -0.4 is 4.90 Å². The summed E-state index contributed by atoms with van der Waals surface area (Å²) in [4.78, 5) is 2.60. The Hall–Kier alpha value is -1.76. The molecule has 0 amide bonds. The molecule has 1 saturated carbocycles. The largest absolute Gasteiger partial charge is 0.338 e. The van der Waals surface area contributed by atoms with E-state index in [4.69, 9.17) is 0 Å². The zero-order valence-corrected chi connectivity index (χ0v) is 12.0. The SMILES string of the molecule is Cc1ccc(N2c3ccccc3C3CCCCC32)cc1. The first-order chi connectivity index (χ1) is 9.84. The second-order valence-electron chi connectivity index (χ2n) is 6.22. The molecular weight excluding hydrogens is 242 g/mol. The van der Waals surface area contributed by atoms with E-state index in [2.05, 4.69) is 60.4 Å². The first-order valence-electron chi connectivity index (χ1n) is 7.79. The van der Waals surface area contributed by atoms with Crippen LogP contribution in [0.2, 0.25) is 0 Å². The summed E-state index contributed by atoms with van der Waals surface area (Å²) in [5, 5.41) is 0. The minimum absolute atomic E-state index is 0.670. The molecule has 2 unspecified atom stereocenters. The van der Waals surface area contributed by atoms with Crippen molar-refractivity contribution in [2.45, 2.75) is 44.6 Å². The maximum Gasteiger partial charge on any atom is 0.0449 e. The molecule has 1 nitrogen and oxygen atoms in total. The van der Waals surface area contributed by atoms with Gasteiger partial charge in [-0.2, -0.15) is 0 Å². The highest BCUT2D eigenvalue weighted by atomic mass is 15.2. The van der Waals surface area contributed by atoms with Gasteiger partial charge >= 0.3 is 0 Å². The Morgan fingerprint density at radius 1 is 0.900 bits per heavy atom. The van der Waals surface area contributed by atoms with Crippen molar-refractivity contribution >= 4 is 11.4 Å². The molecule has 20 heavy (non-hydrogen) atoms. The van der Waals surface area contributed by atoms with E-state index in [9.17, 15) is 0 Å². The molecule has 2 aliphatic rings. The number of fused-ring (bicyclic) bond motifs is 3. The van der Waals surface area contributed by atoms with Gasteiger partial charge in [-0.25, -0.2) is 0 Å². The summed E-state index contributed by atoms with van der Waals surface area (Å²) >= 11 is 0. The quantitative estimate of drug-likeness (QED) is 0.685. The van der Waals surface area contributed by atoms with E-state index in [0.717, 1.165) is 5.92 Å². The number of anilines is 2. The molecular formula is C19H21N. The maximum atomic E-state index is 2.60. The Kier molecular flexibility index (Phi) is 2.80. The Labute approximate surface area is 121 Å². The lowest BCUT2D eigenvalue weighted by Crippen LogP contribution is -2.32. The van der Waals surface area contributed by atoms with Crippen LogP contribution in [-0.2, 0) is 0 Å². The molecule has 1 aliphatic heterocycles. The lowest BCUT2D eigenvalue weighted by molar-refractivity contribution is 0.402. The van der Waals surface area contributed by atoms with E-state index in [-0.39, 0.29) is 0 Å². The summed E-state index contributed by atoms with van der Waals surface area (Å²) in [7, 11) is 0. The number of rotatable bonds is 1. The van der Waals surface area contributed by atoms with E-state index in [1.165, 1.54) is 42.6 Å². The van der Waals surface area contributed by atoms with Crippen molar-refractivity contribution in [3.8, 4) is 0 Å². The Bertz CT molecular complexity index is 614. The summed E-state index contributed by atoms with van der Waals surface area (Å²) in [6.07, 6.45) is 5.44. The molecule has 0 radical (unpaired) electrons. The summed E-state index contributed by atoms with van der Waals surface area (Å²) in [6.45, 7) is 2.16. The van der Waals surface area contributed by atoms with E-state index in [1.807, 2.05) is 0 Å². The molecule has 102 valence electrons. The van der Waals surface area contributed by atoms with Crippen molar-refractivity contribution in [1.82, 2.24) is 0 Å². The van der Waals surface area contributed by atoms with Gasteiger partial charge in [0.2, 0.25) is 0 Å². The van der Waals surface area contributed by atoms with E-state index >= 15 is 0 Å². The second-order valence-corrected chi connectivity index (χ2v) is 6.22. The summed E-state index contributed by atoms with van der Waals surface area (Å²) < 4.78 is 0. The minimum Gasteiger partial charge on any atom is -0.338 e. The third-order valence-electron chi connectivity index (χ3n) is 4.97. The van der Waals surface area contributed by atoms with Crippen molar-refractivity contribution in [3.05, 3.63) is 59.7 Å². The standard InChI is InChI=1S/C19H21N/c1-14-10-12-15(13-11-14)20-18-8-4-2-6-16(18)17-7-3-5-9-19(17)20/h2,4,6,8,10-13,17,19H,3,5,7,9H2,1H3. The van der Waals surface area contributed by atoms with Gasteiger partial charge in [0.15, 0.2) is 0 Å². The van der Waals surface area contributed by atoms with Crippen LogP contribution >= 0.6 is 0 Å². The highest BCUT2D eigenvalue weighted by molar-refractivity contribution is 5.72. The van der Waals surface area contributed by atoms with Crippen LogP contribution in [0.15, 0.2) is 48.5 Å². The fourth-order valence-corrected chi connectivity index (χ4v) is 4.02. The molecule has 1 fully saturated rings. The van der Waals surface area contributed by atoms with Crippen molar-refractivity contribution in [2.24, 2.45) is 0 Å². The molecule has 0 saturated heterocycles. The maximum absolute atomic E-state index is 2.60. The van der Waals surface area contributed by atoms with Gasteiger partial charge in [0.25, 0.3) is 0 Å². The van der Waals surface area contributed by atoms with E-state index in [1.54, 1.807) is 5.56 Å². The third kappa shape index (κ3) is 1.76. The average molecular weight is 263 g/mol. The van der Waals surface area contributed by atoms with Crippen LogP contribution in [0.4, 0.5) is 11.4 Å². The van der Waals surface area contributed by atoms with Gasteiger partial charge in [0.1, 0.15) is 0 Å². The molecule has 0 N–H and O–H groups in total. The fraction of sp³-hybridized carbons (Fsp3) is 0.368. The van der Waals surface area contributed by atoms with Gasteiger partial charge in [-0.1, -0.05) is 48.7 Å². The van der Waals surface area contributed by atoms with Gasteiger partial charge in [0.05, 0.1) is 0 Å². The van der Waals surface area contributed by atoms with Crippen LogP contribution in [0.25, 0.3) is 0 Å². The van der Waals surface area contributed by atoms with Gasteiger partial charge in [-0.15, -0.1) is 0 Å². The molecule has 4 rings (SSSR count). The van der Waals surface area contributed by atoms with Crippen molar-refractivity contribution in [3.63, 3.8) is 0 Å². The van der Waals surface area contributed by atoms with Crippen LogP contribution in [0.3, 0.4) is 0 Å². The van der Waals surface area contributed by atoms with Crippen LogP contribution in [0.1, 0.15) is 42.7 Å². The van der Waals surface area contributed by atoms with Crippen LogP contribution in [0.5, 0.6) is 0 Å². The highest BCUT2D eigenvalue weighted by Crippen LogP contribution is 2.50. The smallest absolute Gasteiger partial charge is 0.0449 e. The molecule has 1 heteroatoms.